The van der Waals surface area contributed by atoms with Crippen molar-refractivity contribution < 1.29 is 9.13 Å². The van der Waals surface area contributed by atoms with E-state index in [9.17, 15) is 4.39 Å². The van der Waals surface area contributed by atoms with Crippen LogP contribution < -0.4 is 5.32 Å². The van der Waals surface area contributed by atoms with E-state index < -0.39 is 0 Å². The Bertz CT molecular complexity index is 399. The summed E-state index contributed by atoms with van der Waals surface area (Å²) in [6.45, 7) is 2.57. The zero-order chi connectivity index (χ0) is 11.0. The van der Waals surface area contributed by atoms with E-state index in [2.05, 4.69) is 5.32 Å². The molecule has 1 aromatic rings. The van der Waals surface area contributed by atoms with Gasteiger partial charge < -0.3 is 10.1 Å². The number of ether oxygens (including phenoxy) is 1. The molecule has 0 amide bonds. The van der Waals surface area contributed by atoms with Gasteiger partial charge in [0.15, 0.2) is 0 Å². The van der Waals surface area contributed by atoms with Crippen molar-refractivity contribution in [3.8, 4) is 0 Å². The third kappa shape index (κ3) is 1.59. The normalized spacial score (nSPS) is 22.6. The molecule has 1 spiro atoms. The van der Waals surface area contributed by atoms with Crippen LogP contribution in [-0.2, 0) is 11.2 Å². The van der Waals surface area contributed by atoms with Gasteiger partial charge in [-0.15, -0.1) is 0 Å². The molecule has 0 bridgehead atoms. The van der Waals surface area contributed by atoms with Gasteiger partial charge in [-0.2, -0.15) is 0 Å². The van der Waals surface area contributed by atoms with Crippen molar-refractivity contribution in [2.75, 3.05) is 25.1 Å². The minimum atomic E-state index is -0.0735. The lowest BCUT2D eigenvalue weighted by molar-refractivity contribution is 0.0194. The van der Waals surface area contributed by atoms with Gasteiger partial charge in [0.05, 0.1) is 0 Å². The van der Waals surface area contributed by atoms with E-state index in [4.69, 9.17) is 4.74 Å². The second kappa shape index (κ2) is 3.74. The Morgan fingerprint density at radius 1 is 1.25 bits per heavy atom. The van der Waals surface area contributed by atoms with Gasteiger partial charge in [-0.25, -0.2) is 4.39 Å². The van der Waals surface area contributed by atoms with Crippen LogP contribution in [0.2, 0.25) is 0 Å². The summed E-state index contributed by atoms with van der Waals surface area (Å²) in [5.41, 5.74) is 2.04. The number of hydrogen-bond donors (Lipinski definition) is 1. The molecule has 2 aliphatic heterocycles. The maximum Gasteiger partial charge on any atom is 0.128 e. The smallest absolute Gasteiger partial charge is 0.128 e. The molecule has 0 atom stereocenters. The first-order valence-corrected chi connectivity index (χ1v) is 5.88. The Kier molecular flexibility index (Phi) is 2.36. The molecule has 2 aliphatic rings. The Balaban J connectivity index is 1.92. The highest BCUT2D eigenvalue weighted by Crippen LogP contribution is 2.40. The highest BCUT2D eigenvalue weighted by atomic mass is 19.1. The van der Waals surface area contributed by atoms with E-state index in [1.807, 2.05) is 6.07 Å². The standard InChI is InChI=1S/C13H16FNO/c14-11-2-1-3-12-10(11)8-13(9-15-12)4-6-16-7-5-13/h1-3,15H,4-9H2. The summed E-state index contributed by atoms with van der Waals surface area (Å²) < 4.78 is 19.1. The largest absolute Gasteiger partial charge is 0.384 e. The summed E-state index contributed by atoms with van der Waals surface area (Å²) in [6.07, 6.45) is 2.92. The van der Waals surface area contributed by atoms with E-state index in [0.29, 0.717) is 0 Å². The Morgan fingerprint density at radius 3 is 2.88 bits per heavy atom. The molecule has 0 radical (unpaired) electrons. The van der Waals surface area contributed by atoms with Crippen molar-refractivity contribution in [3.63, 3.8) is 0 Å². The van der Waals surface area contributed by atoms with Crippen LogP contribution in [0.1, 0.15) is 18.4 Å². The lowest BCUT2D eigenvalue weighted by atomic mass is 9.73. The predicted molar refractivity (Wildman–Crippen MR) is 61.1 cm³/mol. The van der Waals surface area contributed by atoms with Crippen molar-refractivity contribution >= 4 is 5.69 Å². The molecule has 0 unspecified atom stereocenters. The molecule has 1 aromatic carbocycles. The van der Waals surface area contributed by atoms with Crippen molar-refractivity contribution in [1.29, 1.82) is 0 Å². The summed E-state index contributed by atoms with van der Waals surface area (Å²) in [5.74, 6) is -0.0735. The van der Waals surface area contributed by atoms with E-state index >= 15 is 0 Å². The fraction of sp³-hybridized carbons (Fsp3) is 0.538. The number of hydrogen-bond acceptors (Lipinski definition) is 2. The number of rotatable bonds is 0. The molecular weight excluding hydrogens is 205 g/mol. The lowest BCUT2D eigenvalue weighted by Crippen LogP contribution is -2.41. The number of fused-ring (bicyclic) bond motifs is 1. The zero-order valence-electron chi connectivity index (χ0n) is 9.26. The van der Waals surface area contributed by atoms with Crippen LogP contribution in [-0.4, -0.2) is 19.8 Å². The van der Waals surface area contributed by atoms with Crippen LogP contribution in [0, 0.1) is 11.2 Å². The second-order valence-electron chi connectivity index (χ2n) is 4.91. The molecule has 2 heterocycles. The van der Waals surface area contributed by atoms with Crippen molar-refractivity contribution in [2.45, 2.75) is 19.3 Å². The molecule has 2 nitrogen and oxygen atoms in total. The molecule has 3 heteroatoms. The molecule has 86 valence electrons. The van der Waals surface area contributed by atoms with Gasteiger partial charge in [0.1, 0.15) is 5.82 Å². The third-order valence-corrected chi connectivity index (χ3v) is 3.88. The van der Waals surface area contributed by atoms with Gasteiger partial charge in [0.2, 0.25) is 0 Å². The highest BCUT2D eigenvalue weighted by molar-refractivity contribution is 5.54. The summed E-state index contributed by atoms with van der Waals surface area (Å²) in [6, 6.07) is 5.28. The van der Waals surface area contributed by atoms with E-state index in [-0.39, 0.29) is 11.2 Å². The SMILES string of the molecule is Fc1cccc2c1CC1(CCOCC1)CN2. The van der Waals surface area contributed by atoms with Crippen molar-refractivity contribution in [1.82, 2.24) is 0 Å². The molecule has 1 N–H and O–H groups in total. The summed E-state index contributed by atoms with van der Waals surface area (Å²) in [7, 11) is 0. The van der Waals surface area contributed by atoms with Crippen LogP contribution in [0.3, 0.4) is 0 Å². The van der Waals surface area contributed by atoms with Gasteiger partial charge in [0.25, 0.3) is 0 Å². The van der Waals surface area contributed by atoms with Gasteiger partial charge >= 0.3 is 0 Å². The topological polar surface area (TPSA) is 21.3 Å². The number of benzene rings is 1. The maximum atomic E-state index is 13.7. The van der Waals surface area contributed by atoms with Crippen LogP contribution in [0.4, 0.5) is 10.1 Å². The quantitative estimate of drug-likeness (QED) is 0.727. The molecule has 1 saturated heterocycles. The lowest BCUT2D eigenvalue weighted by Gasteiger charge is -2.41. The third-order valence-electron chi connectivity index (χ3n) is 3.88. The minimum absolute atomic E-state index is 0.0735. The van der Waals surface area contributed by atoms with Gasteiger partial charge in [-0.3, -0.25) is 0 Å². The maximum absolute atomic E-state index is 13.7. The first-order chi connectivity index (χ1) is 7.79. The van der Waals surface area contributed by atoms with Crippen molar-refractivity contribution in [2.24, 2.45) is 5.41 Å². The van der Waals surface area contributed by atoms with E-state index in [0.717, 1.165) is 50.3 Å². The van der Waals surface area contributed by atoms with Crippen LogP contribution in [0.15, 0.2) is 18.2 Å². The zero-order valence-corrected chi connectivity index (χ0v) is 9.26. The Morgan fingerprint density at radius 2 is 2.06 bits per heavy atom. The second-order valence-corrected chi connectivity index (χ2v) is 4.91. The number of halogens is 1. The molecule has 1 fully saturated rings. The van der Waals surface area contributed by atoms with Crippen LogP contribution >= 0.6 is 0 Å². The predicted octanol–water partition coefficient (Wildman–Crippen LogP) is 2.59. The molecular formula is C13H16FNO. The average molecular weight is 221 g/mol. The average Bonchev–Trinajstić information content (AvgIpc) is 2.32. The van der Waals surface area contributed by atoms with E-state index in [1.165, 1.54) is 0 Å². The van der Waals surface area contributed by atoms with E-state index in [1.54, 1.807) is 12.1 Å². The van der Waals surface area contributed by atoms with Crippen LogP contribution in [0.5, 0.6) is 0 Å². The summed E-state index contributed by atoms with van der Waals surface area (Å²) in [4.78, 5) is 0. The summed E-state index contributed by atoms with van der Waals surface area (Å²) >= 11 is 0. The number of nitrogens with one attached hydrogen (secondary N) is 1. The van der Waals surface area contributed by atoms with Crippen LogP contribution in [0.25, 0.3) is 0 Å². The van der Waals surface area contributed by atoms with Gasteiger partial charge in [-0.05, 0) is 36.8 Å². The number of anilines is 1. The Labute approximate surface area is 94.8 Å². The molecule has 0 aliphatic carbocycles. The molecule has 0 saturated carbocycles. The first kappa shape index (κ1) is 10.1. The van der Waals surface area contributed by atoms with Gasteiger partial charge in [0, 0.05) is 31.0 Å². The minimum Gasteiger partial charge on any atom is -0.384 e. The van der Waals surface area contributed by atoms with Gasteiger partial charge in [-0.1, -0.05) is 6.07 Å². The molecule has 16 heavy (non-hydrogen) atoms. The fourth-order valence-electron chi connectivity index (χ4n) is 2.78. The van der Waals surface area contributed by atoms with Crippen molar-refractivity contribution in [3.05, 3.63) is 29.6 Å². The fourth-order valence-corrected chi connectivity index (χ4v) is 2.78. The molecule has 3 rings (SSSR count). The summed E-state index contributed by atoms with van der Waals surface area (Å²) in [5, 5.41) is 3.37. The Hall–Kier alpha value is -1.09. The monoisotopic (exact) mass is 221 g/mol. The highest BCUT2D eigenvalue weighted by Gasteiger charge is 2.36. The molecule has 0 aromatic heterocycles. The first-order valence-electron chi connectivity index (χ1n) is 5.88.